The summed E-state index contributed by atoms with van der Waals surface area (Å²) in [7, 11) is 1.99. The van der Waals surface area contributed by atoms with Crippen LogP contribution in [0, 0.1) is 10.1 Å². The molecule has 1 amide bonds. The van der Waals surface area contributed by atoms with Crippen molar-refractivity contribution in [3.63, 3.8) is 0 Å². The van der Waals surface area contributed by atoms with Gasteiger partial charge in [0.05, 0.1) is 4.92 Å². The molecule has 1 atom stereocenters. The number of nitro groups is 1. The lowest BCUT2D eigenvalue weighted by atomic mass is 10.1. The van der Waals surface area contributed by atoms with Gasteiger partial charge in [-0.15, -0.1) is 0 Å². The number of hydrogen-bond acceptors (Lipinski definition) is 4. The van der Waals surface area contributed by atoms with Gasteiger partial charge in [0, 0.05) is 43.4 Å². The summed E-state index contributed by atoms with van der Waals surface area (Å²) in [6.07, 6.45) is 2.17. The average Bonchev–Trinajstić information content (AvgIpc) is 3.22. The van der Waals surface area contributed by atoms with Gasteiger partial charge in [0.25, 0.3) is 11.6 Å². The van der Waals surface area contributed by atoms with Crippen molar-refractivity contribution >= 4 is 11.6 Å². The highest BCUT2D eigenvalue weighted by molar-refractivity contribution is 5.94. The van der Waals surface area contributed by atoms with Crippen LogP contribution in [-0.2, 0) is 6.54 Å². The van der Waals surface area contributed by atoms with Crippen LogP contribution < -0.4 is 0 Å². The first-order chi connectivity index (χ1) is 13.0. The van der Waals surface area contributed by atoms with E-state index in [2.05, 4.69) is 4.90 Å². The summed E-state index contributed by atoms with van der Waals surface area (Å²) in [5.74, 6) is 0.109. The molecule has 0 unspecified atom stereocenters. The Bertz CT molecular complexity index is 814. The summed E-state index contributed by atoms with van der Waals surface area (Å²) in [6.45, 7) is 4.43. The minimum Gasteiger partial charge on any atom is -0.339 e. The van der Waals surface area contributed by atoms with Gasteiger partial charge in [0.15, 0.2) is 0 Å². The molecule has 0 spiro atoms. The predicted molar refractivity (Wildman–Crippen MR) is 105 cm³/mol. The molecule has 6 nitrogen and oxygen atoms in total. The molecule has 6 heteroatoms. The third-order valence-corrected chi connectivity index (χ3v) is 5.25. The van der Waals surface area contributed by atoms with Crippen molar-refractivity contribution in [1.29, 1.82) is 0 Å². The zero-order chi connectivity index (χ0) is 19.4. The van der Waals surface area contributed by atoms with Crippen LogP contribution in [0.2, 0.25) is 0 Å². The number of carbonyl (C=O) groups excluding carboxylic acids is 1. The molecular formula is C21H25N3O3. The quantitative estimate of drug-likeness (QED) is 0.571. The number of carbonyl (C=O) groups is 1. The number of hydrogen-bond donors (Lipinski definition) is 0. The molecular weight excluding hydrogens is 342 g/mol. The van der Waals surface area contributed by atoms with E-state index in [9.17, 15) is 14.9 Å². The van der Waals surface area contributed by atoms with E-state index in [1.807, 2.05) is 49.2 Å². The first-order valence-electron chi connectivity index (χ1n) is 9.28. The molecule has 1 fully saturated rings. The van der Waals surface area contributed by atoms with Gasteiger partial charge in [-0.1, -0.05) is 24.3 Å². The molecule has 0 saturated carbocycles. The molecule has 1 heterocycles. The van der Waals surface area contributed by atoms with Crippen LogP contribution in [0.5, 0.6) is 0 Å². The highest BCUT2D eigenvalue weighted by Crippen LogP contribution is 2.24. The molecule has 27 heavy (non-hydrogen) atoms. The Morgan fingerprint density at radius 1 is 1.19 bits per heavy atom. The zero-order valence-corrected chi connectivity index (χ0v) is 15.8. The van der Waals surface area contributed by atoms with Crippen LogP contribution >= 0.6 is 0 Å². The van der Waals surface area contributed by atoms with Gasteiger partial charge < -0.3 is 4.90 Å². The van der Waals surface area contributed by atoms with Crippen LogP contribution in [0.25, 0.3) is 0 Å². The van der Waals surface area contributed by atoms with Crippen molar-refractivity contribution in [3.8, 4) is 0 Å². The summed E-state index contributed by atoms with van der Waals surface area (Å²) >= 11 is 0. The van der Waals surface area contributed by atoms with Crippen molar-refractivity contribution in [3.05, 3.63) is 75.3 Å². The summed E-state index contributed by atoms with van der Waals surface area (Å²) in [4.78, 5) is 27.1. The Morgan fingerprint density at radius 3 is 2.48 bits per heavy atom. The van der Waals surface area contributed by atoms with Gasteiger partial charge in [-0.2, -0.15) is 0 Å². The first-order valence-corrected chi connectivity index (χ1v) is 9.28. The first kappa shape index (κ1) is 19.0. The fourth-order valence-electron chi connectivity index (χ4n) is 3.43. The standard InChI is InChI=1S/C21H25N3O3/c1-16(19-6-5-7-20(14-19)24(26)27)22(2)15-17-8-10-18(11-9-17)21(25)23-12-3-4-13-23/h5-11,14,16H,3-4,12-13,15H2,1-2H3/t16-/m0/s1. The van der Waals surface area contributed by atoms with E-state index >= 15 is 0 Å². The number of non-ortho nitro benzene ring substituents is 1. The van der Waals surface area contributed by atoms with Crippen LogP contribution in [-0.4, -0.2) is 40.8 Å². The third-order valence-electron chi connectivity index (χ3n) is 5.25. The SMILES string of the molecule is C[C@@H](c1cccc([N+](=O)[O-])c1)N(C)Cc1ccc(C(=O)N2CCCC2)cc1. The molecule has 0 aliphatic carbocycles. The molecule has 142 valence electrons. The molecule has 2 aromatic carbocycles. The van der Waals surface area contributed by atoms with Crippen molar-refractivity contribution in [2.45, 2.75) is 32.4 Å². The number of likely N-dealkylation sites (tertiary alicyclic amines) is 1. The molecule has 1 aliphatic heterocycles. The number of rotatable bonds is 6. The van der Waals surface area contributed by atoms with E-state index in [0.717, 1.165) is 42.6 Å². The number of amides is 1. The van der Waals surface area contributed by atoms with Crippen molar-refractivity contribution in [2.75, 3.05) is 20.1 Å². The molecule has 0 bridgehead atoms. The smallest absolute Gasteiger partial charge is 0.269 e. The van der Waals surface area contributed by atoms with E-state index in [1.54, 1.807) is 12.1 Å². The Labute approximate surface area is 159 Å². The molecule has 0 radical (unpaired) electrons. The normalized spacial score (nSPS) is 15.1. The monoisotopic (exact) mass is 367 g/mol. The third kappa shape index (κ3) is 4.52. The number of nitro benzene ring substituents is 1. The average molecular weight is 367 g/mol. The highest BCUT2D eigenvalue weighted by Gasteiger charge is 2.19. The predicted octanol–water partition coefficient (Wildman–Crippen LogP) is 4.02. The van der Waals surface area contributed by atoms with Crippen molar-refractivity contribution in [1.82, 2.24) is 9.80 Å². The van der Waals surface area contributed by atoms with Gasteiger partial charge in [-0.25, -0.2) is 0 Å². The fraction of sp³-hybridized carbons (Fsp3) is 0.381. The maximum atomic E-state index is 12.4. The summed E-state index contributed by atoms with van der Waals surface area (Å²) < 4.78 is 0. The minimum absolute atomic E-state index is 0.0378. The summed E-state index contributed by atoms with van der Waals surface area (Å²) in [5, 5.41) is 11.0. The van der Waals surface area contributed by atoms with Gasteiger partial charge >= 0.3 is 0 Å². The lowest BCUT2D eigenvalue weighted by molar-refractivity contribution is -0.384. The highest BCUT2D eigenvalue weighted by atomic mass is 16.6. The Kier molecular flexibility index (Phi) is 5.86. The maximum absolute atomic E-state index is 12.4. The molecule has 0 aromatic heterocycles. The maximum Gasteiger partial charge on any atom is 0.269 e. The van der Waals surface area contributed by atoms with Gasteiger partial charge in [-0.05, 0) is 50.1 Å². The van der Waals surface area contributed by atoms with Crippen LogP contribution in [0.3, 0.4) is 0 Å². The van der Waals surface area contributed by atoms with Crippen molar-refractivity contribution < 1.29 is 9.72 Å². The van der Waals surface area contributed by atoms with Crippen LogP contribution in [0.15, 0.2) is 48.5 Å². The molecule has 0 N–H and O–H groups in total. The van der Waals surface area contributed by atoms with E-state index in [4.69, 9.17) is 0 Å². The van der Waals surface area contributed by atoms with Gasteiger partial charge in [0.2, 0.25) is 0 Å². The Balaban J connectivity index is 1.65. The van der Waals surface area contributed by atoms with Crippen LogP contribution in [0.4, 0.5) is 5.69 Å². The lowest BCUT2D eigenvalue weighted by Crippen LogP contribution is -2.27. The van der Waals surface area contributed by atoms with E-state index in [0.29, 0.717) is 6.54 Å². The van der Waals surface area contributed by atoms with Gasteiger partial charge in [0.1, 0.15) is 0 Å². The molecule has 1 aliphatic rings. The molecule has 2 aromatic rings. The Hall–Kier alpha value is -2.73. The minimum atomic E-state index is -0.369. The van der Waals surface area contributed by atoms with Gasteiger partial charge in [-0.3, -0.25) is 19.8 Å². The van der Waals surface area contributed by atoms with E-state index in [-0.39, 0.29) is 22.6 Å². The lowest BCUT2D eigenvalue weighted by Gasteiger charge is -2.25. The second-order valence-electron chi connectivity index (χ2n) is 7.14. The number of nitrogens with zero attached hydrogens (tertiary/aromatic N) is 3. The Morgan fingerprint density at radius 2 is 1.85 bits per heavy atom. The number of benzene rings is 2. The molecule has 3 rings (SSSR count). The largest absolute Gasteiger partial charge is 0.339 e. The topological polar surface area (TPSA) is 66.7 Å². The summed E-state index contributed by atoms with van der Waals surface area (Å²) in [5.41, 5.74) is 2.85. The fourth-order valence-corrected chi connectivity index (χ4v) is 3.43. The second kappa shape index (κ2) is 8.31. The van der Waals surface area contributed by atoms with Crippen molar-refractivity contribution in [2.24, 2.45) is 0 Å². The zero-order valence-electron chi connectivity index (χ0n) is 15.8. The van der Waals surface area contributed by atoms with Crippen LogP contribution in [0.1, 0.15) is 47.3 Å². The van der Waals surface area contributed by atoms with E-state index in [1.165, 1.54) is 6.07 Å². The molecule has 1 saturated heterocycles. The van der Waals surface area contributed by atoms with E-state index < -0.39 is 0 Å². The second-order valence-corrected chi connectivity index (χ2v) is 7.14. The summed E-state index contributed by atoms with van der Waals surface area (Å²) in [6, 6.07) is 14.5.